The van der Waals surface area contributed by atoms with Gasteiger partial charge in [0.1, 0.15) is 0 Å². The average Bonchev–Trinajstić information content (AvgIpc) is 3.02. The number of hydrogen-bond donors (Lipinski definition) is 0. The normalized spacial score (nSPS) is 16.2. The minimum atomic E-state index is -3.34. The Labute approximate surface area is 174 Å². The van der Waals surface area contributed by atoms with E-state index in [9.17, 15) is 23.1 Å². The standard InChI is InChI=1S/C21H20ClNO5S/c1-29(27,28)17-8-4-15(5-9-17)20(14-2-6-16(22)7-3-14)18-10-12-23(21(18)26)13-11-19(24)25/h2-9H,10-13H2,1H3,(H,24,25)/p-1/b20-18+. The lowest BCUT2D eigenvalue weighted by Crippen LogP contribution is -2.32. The Morgan fingerprint density at radius 3 is 2.14 bits per heavy atom. The molecule has 0 N–H and O–H groups in total. The van der Waals surface area contributed by atoms with Crippen molar-refractivity contribution in [1.82, 2.24) is 4.90 Å². The smallest absolute Gasteiger partial charge is 0.250 e. The summed E-state index contributed by atoms with van der Waals surface area (Å²) >= 11 is 6.00. The van der Waals surface area contributed by atoms with E-state index >= 15 is 0 Å². The molecule has 2 aromatic rings. The van der Waals surface area contributed by atoms with E-state index in [4.69, 9.17) is 11.6 Å². The highest BCUT2D eigenvalue weighted by molar-refractivity contribution is 7.90. The first-order chi connectivity index (χ1) is 13.7. The molecule has 1 fully saturated rings. The minimum absolute atomic E-state index is 0.0889. The third kappa shape index (κ3) is 4.86. The number of nitrogens with zero attached hydrogens (tertiary/aromatic N) is 1. The molecule has 8 heteroatoms. The van der Waals surface area contributed by atoms with Gasteiger partial charge in [0.2, 0.25) is 0 Å². The van der Waals surface area contributed by atoms with Gasteiger partial charge >= 0.3 is 0 Å². The Morgan fingerprint density at radius 2 is 1.62 bits per heavy atom. The number of carboxylic acids is 1. The van der Waals surface area contributed by atoms with Crippen molar-refractivity contribution >= 4 is 38.9 Å². The Hall–Kier alpha value is -2.64. The highest BCUT2D eigenvalue weighted by Gasteiger charge is 2.29. The zero-order valence-corrected chi connectivity index (χ0v) is 17.3. The molecule has 0 radical (unpaired) electrons. The molecule has 1 saturated heterocycles. The van der Waals surface area contributed by atoms with Crippen LogP contribution in [-0.2, 0) is 19.4 Å². The van der Waals surface area contributed by atoms with Crippen molar-refractivity contribution in [3.8, 4) is 0 Å². The summed E-state index contributed by atoms with van der Waals surface area (Å²) in [4.78, 5) is 25.4. The lowest BCUT2D eigenvalue weighted by molar-refractivity contribution is -0.305. The third-order valence-electron chi connectivity index (χ3n) is 4.77. The number of halogens is 1. The molecular weight excluding hydrogens is 414 g/mol. The second kappa shape index (κ2) is 8.39. The summed E-state index contributed by atoms with van der Waals surface area (Å²) in [6.07, 6.45) is 1.37. The van der Waals surface area contributed by atoms with Gasteiger partial charge in [0, 0.05) is 42.3 Å². The molecule has 0 unspecified atom stereocenters. The molecule has 1 aliphatic heterocycles. The van der Waals surface area contributed by atoms with Gasteiger partial charge in [0.15, 0.2) is 9.84 Å². The minimum Gasteiger partial charge on any atom is -0.550 e. The van der Waals surface area contributed by atoms with Crippen molar-refractivity contribution in [3.63, 3.8) is 0 Å². The summed E-state index contributed by atoms with van der Waals surface area (Å²) in [5, 5.41) is 11.3. The third-order valence-corrected chi connectivity index (χ3v) is 6.15. The molecule has 0 spiro atoms. The molecule has 0 bridgehead atoms. The van der Waals surface area contributed by atoms with Crippen LogP contribution >= 0.6 is 11.6 Å². The Morgan fingerprint density at radius 1 is 1.07 bits per heavy atom. The van der Waals surface area contributed by atoms with Crippen molar-refractivity contribution in [2.75, 3.05) is 19.3 Å². The fourth-order valence-corrected chi connectivity index (χ4v) is 4.07. The van der Waals surface area contributed by atoms with Crippen LogP contribution in [0.3, 0.4) is 0 Å². The van der Waals surface area contributed by atoms with E-state index in [0.29, 0.717) is 34.7 Å². The van der Waals surface area contributed by atoms with Crippen LogP contribution in [0.25, 0.3) is 5.57 Å². The second-order valence-corrected chi connectivity index (χ2v) is 9.27. The molecule has 0 atom stereocenters. The summed E-state index contributed by atoms with van der Waals surface area (Å²) in [6, 6.07) is 13.4. The van der Waals surface area contributed by atoms with Crippen molar-refractivity contribution in [2.24, 2.45) is 0 Å². The van der Waals surface area contributed by atoms with Crippen molar-refractivity contribution in [1.29, 1.82) is 0 Å². The maximum absolute atomic E-state index is 12.9. The number of hydrogen-bond acceptors (Lipinski definition) is 5. The van der Waals surface area contributed by atoms with Gasteiger partial charge in [0.05, 0.1) is 4.90 Å². The number of likely N-dealkylation sites (tertiary alicyclic amines) is 1. The van der Waals surface area contributed by atoms with Crippen molar-refractivity contribution < 1.29 is 23.1 Å². The molecule has 3 rings (SSSR count). The quantitative estimate of drug-likeness (QED) is 0.650. The first-order valence-electron chi connectivity index (χ1n) is 8.95. The molecule has 29 heavy (non-hydrogen) atoms. The zero-order chi connectivity index (χ0) is 21.2. The van der Waals surface area contributed by atoms with Gasteiger partial charge in [0.25, 0.3) is 5.91 Å². The molecule has 1 heterocycles. The molecule has 0 aliphatic carbocycles. The van der Waals surface area contributed by atoms with Crippen molar-refractivity contribution in [3.05, 3.63) is 70.3 Å². The SMILES string of the molecule is CS(=O)(=O)c1ccc(/C(=C2\CCN(CCC(=O)[O-])C2=O)c2ccc(Cl)cc2)cc1. The number of benzene rings is 2. The first-order valence-corrected chi connectivity index (χ1v) is 11.2. The predicted molar refractivity (Wildman–Crippen MR) is 108 cm³/mol. The molecule has 1 amide bonds. The fraction of sp³-hybridized carbons (Fsp3) is 0.238. The van der Waals surface area contributed by atoms with E-state index in [2.05, 4.69) is 0 Å². The predicted octanol–water partition coefficient (Wildman–Crippen LogP) is 1.92. The number of rotatable bonds is 6. The monoisotopic (exact) mass is 432 g/mol. The van der Waals surface area contributed by atoms with Gasteiger partial charge in [-0.1, -0.05) is 35.9 Å². The summed E-state index contributed by atoms with van der Waals surface area (Å²) in [7, 11) is -3.34. The second-order valence-electron chi connectivity index (χ2n) is 6.82. The van der Waals surface area contributed by atoms with Crippen LogP contribution in [0.4, 0.5) is 0 Å². The van der Waals surface area contributed by atoms with E-state index in [-0.39, 0.29) is 23.8 Å². The van der Waals surface area contributed by atoms with E-state index in [1.807, 2.05) is 0 Å². The van der Waals surface area contributed by atoms with E-state index in [1.54, 1.807) is 36.4 Å². The van der Waals surface area contributed by atoms with Crippen LogP contribution in [0.15, 0.2) is 59.0 Å². The molecule has 1 aliphatic rings. The highest BCUT2D eigenvalue weighted by Crippen LogP contribution is 2.33. The number of sulfone groups is 1. The zero-order valence-electron chi connectivity index (χ0n) is 15.7. The van der Waals surface area contributed by atoms with Crippen LogP contribution in [-0.4, -0.2) is 44.5 Å². The first kappa shape index (κ1) is 21.1. The lowest BCUT2D eigenvalue weighted by Gasteiger charge is -2.17. The van der Waals surface area contributed by atoms with Gasteiger partial charge in [-0.25, -0.2) is 8.42 Å². The summed E-state index contributed by atoms with van der Waals surface area (Å²) in [5.41, 5.74) is 2.71. The van der Waals surface area contributed by atoms with Gasteiger partial charge in [-0.05, 0) is 47.4 Å². The largest absolute Gasteiger partial charge is 0.550 e. The van der Waals surface area contributed by atoms with Crippen LogP contribution in [0.1, 0.15) is 24.0 Å². The van der Waals surface area contributed by atoms with Crippen LogP contribution in [0.2, 0.25) is 5.02 Å². The summed E-state index contributed by atoms with van der Waals surface area (Å²) in [5.74, 6) is -1.44. The maximum atomic E-state index is 12.9. The van der Waals surface area contributed by atoms with Gasteiger partial charge in [-0.2, -0.15) is 0 Å². The van der Waals surface area contributed by atoms with E-state index in [1.165, 1.54) is 17.0 Å². The molecule has 6 nitrogen and oxygen atoms in total. The topological polar surface area (TPSA) is 94.6 Å². The van der Waals surface area contributed by atoms with E-state index in [0.717, 1.165) is 11.8 Å². The Bertz CT molecular complexity index is 1070. The van der Waals surface area contributed by atoms with E-state index < -0.39 is 15.8 Å². The maximum Gasteiger partial charge on any atom is 0.250 e. The number of carbonyl (C=O) groups is 2. The summed E-state index contributed by atoms with van der Waals surface area (Å²) in [6.45, 7) is 0.505. The summed E-state index contributed by atoms with van der Waals surface area (Å²) < 4.78 is 23.5. The molecule has 2 aromatic carbocycles. The van der Waals surface area contributed by atoms with Crippen LogP contribution < -0.4 is 5.11 Å². The van der Waals surface area contributed by atoms with Crippen molar-refractivity contribution in [2.45, 2.75) is 17.7 Å². The molecule has 152 valence electrons. The highest BCUT2D eigenvalue weighted by atomic mass is 35.5. The molecule has 0 aromatic heterocycles. The van der Waals surface area contributed by atoms with Crippen LogP contribution in [0.5, 0.6) is 0 Å². The molecule has 0 saturated carbocycles. The number of aliphatic carboxylic acids is 1. The fourth-order valence-electron chi connectivity index (χ4n) is 3.32. The molecular formula is C21H19ClNO5S-. The van der Waals surface area contributed by atoms with Gasteiger partial charge in [-0.3, -0.25) is 4.79 Å². The lowest BCUT2D eigenvalue weighted by atomic mass is 9.92. The Kier molecular flexibility index (Phi) is 6.10. The average molecular weight is 433 g/mol. The number of carbonyl (C=O) groups excluding carboxylic acids is 2. The van der Waals surface area contributed by atoms with Gasteiger partial charge in [-0.15, -0.1) is 0 Å². The van der Waals surface area contributed by atoms with Gasteiger partial charge < -0.3 is 14.8 Å². The number of carboxylic acid groups (broad SMARTS) is 1. The Balaban J connectivity index is 2.07. The van der Waals surface area contributed by atoms with Crippen LogP contribution in [0, 0.1) is 0 Å². The number of amides is 1.